The van der Waals surface area contributed by atoms with Crippen LogP contribution in [0.15, 0.2) is 29.4 Å². The predicted octanol–water partition coefficient (Wildman–Crippen LogP) is 3.46. The molecule has 1 atom stereocenters. The second-order valence-electron chi connectivity index (χ2n) is 2.90. The molecule has 0 aliphatic rings. The Morgan fingerprint density at radius 2 is 2.07 bits per heavy atom. The van der Waals surface area contributed by atoms with Crippen LogP contribution in [-0.2, 0) is 0 Å². The third-order valence-corrected chi connectivity index (χ3v) is 2.08. The van der Waals surface area contributed by atoms with Crippen molar-refractivity contribution in [3.8, 4) is 5.75 Å². The van der Waals surface area contributed by atoms with E-state index in [4.69, 9.17) is 10.3 Å². The Morgan fingerprint density at radius 3 is 2.50 bits per heavy atom. The maximum Gasteiger partial charge on any atom is 0.118 e. The van der Waals surface area contributed by atoms with Crippen LogP contribution in [0.1, 0.15) is 24.9 Å². The van der Waals surface area contributed by atoms with Crippen molar-refractivity contribution in [2.45, 2.75) is 19.4 Å². The first-order valence-electron chi connectivity index (χ1n) is 4.50. The van der Waals surface area contributed by atoms with E-state index in [9.17, 15) is 0 Å². The molecule has 0 aliphatic carbocycles. The van der Waals surface area contributed by atoms with Crippen LogP contribution < -0.4 is 4.74 Å². The van der Waals surface area contributed by atoms with Crippen molar-refractivity contribution in [1.82, 2.24) is 0 Å². The topological polar surface area (TPSA) is 58.0 Å². The highest BCUT2D eigenvalue weighted by Gasteiger charge is 2.05. The van der Waals surface area contributed by atoms with Crippen LogP contribution in [-0.4, -0.2) is 7.11 Å². The molecule has 0 radical (unpaired) electrons. The molecule has 0 fully saturated rings. The summed E-state index contributed by atoms with van der Waals surface area (Å²) in [6.45, 7) is 1.99. The number of benzene rings is 1. The lowest BCUT2D eigenvalue weighted by atomic mass is 10.1. The van der Waals surface area contributed by atoms with E-state index in [-0.39, 0.29) is 6.04 Å². The van der Waals surface area contributed by atoms with Crippen molar-refractivity contribution in [2.75, 3.05) is 7.11 Å². The summed E-state index contributed by atoms with van der Waals surface area (Å²) in [6.07, 6.45) is 0.802. The molecule has 0 unspecified atom stereocenters. The second-order valence-corrected chi connectivity index (χ2v) is 2.90. The van der Waals surface area contributed by atoms with E-state index in [0.29, 0.717) is 0 Å². The van der Waals surface area contributed by atoms with Crippen LogP contribution in [0, 0.1) is 0 Å². The lowest BCUT2D eigenvalue weighted by molar-refractivity contribution is 0.414. The summed E-state index contributed by atoms with van der Waals surface area (Å²) in [6, 6.07) is 7.49. The van der Waals surface area contributed by atoms with Gasteiger partial charge in [-0.15, -0.1) is 0 Å². The largest absolute Gasteiger partial charge is 0.497 e. The zero-order chi connectivity index (χ0) is 10.4. The first-order chi connectivity index (χ1) is 6.81. The Bertz CT molecular complexity index is 328. The molecule has 0 spiro atoms. The number of hydrogen-bond acceptors (Lipinski definition) is 2. The smallest absolute Gasteiger partial charge is 0.118 e. The summed E-state index contributed by atoms with van der Waals surface area (Å²) in [4.78, 5) is 2.82. The first kappa shape index (κ1) is 10.4. The van der Waals surface area contributed by atoms with Crippen molar-refractivity contribution in [1.29, 1.82) is 0 Å². The van der Waals surface area contributed by atoms with Gasteiger partial charge in [0.15, 0.2) is 0 Å². The van der Waals surface area contributed by atoms with E-state index in [1.165, 1.54) is 0 Å². The van der Waals surface area contributed by atoms with E-state index in [1.54, 1.807) is 7.11 Å². The number of methoxy groups -OCH3 is 1. The van der Waals surface area contributed by atoms with E-state index >= 15 is 0 Å². The minimum Gasteiger partial charge on any atom is -0.497 e. The molecule has 0 bridgehead atoms. The number of rotatable bonds is 4. The van der Waals surface area contributed by atoms with Crippen LogP contribution in [0.25, 0.3) is 10.4 Å². The van der Waals surface area contributed by atoms with Gasteiger partial charge in [0.25, 0.3) is 0 Å². The fraction of sp³-hybridized carbons (Fsp3) is 0.400. The van der Waals surface area contributed by atoms with Crippen LogP contribution in [0.4, 0.5) is 0 Å². The van der Waals surface area contributed by atoms with Gasteiger partial charge in [0.05, 0.1) is 13.2 Å². The molecule has 1 aromatic rings. The van der Waals surface area contributed by atoms with Gasteiger partial charge in [-0.3, -0.25) is 0 Å². The molecule has 0 heterocycles. The van der Waals surface area contributed by atoms with E-state index < -0.39 is 0 Å². The van der Waals surface area contributed by atoms with Crippen molar-refractivity contribution in [3.63, 3.8) is 0 Å². The molecule has 0 saturated carbocycles. The van der Waals surface area contributed by atoms with E-state index in [0.717, 1.165) is 17.7 Å². The summed E-state index contributed by atoms with van der Waals surface area (Å²) < 4.78 is 5.04. The maximum atomic E-state index is 8.36. The third kappa shape index (κ3) is 2.41. The Balaban J connectivity index is 2.88. The van der Waals surface area contributed by atoms with Crippen LogP contribution >= 0.6 is 0 Å². The van der Waals surface area contributed by atoms with E-state index in [1.807, 2.05) is 31.2 Å². The van der Waals surface area contributed by atoms with Gasteiger partial charge >= 0.3 is 0 Å². The quantitative estimate of drug-likeness (QED) is 0.408. The minimum atomic E-state index is -0.0779. The second kappa shape index (κ2) is 5.14. The summed E-state index contributed by atoms with van der Waals surface area (Å²) >= 11 is 0. The lowest BCUT2D eigenvalue weighted by Crippen LogP contribution is -1.92. The average Bonchev–Trinajstić information content (AvgIpc) is 2.26. The molecule has 4 heteroatoms. The molecule has 0 aromatic heterocycles. The average molecular weight is 191 g/mol. The molecule has 4 nitrogen and oxygen atoms in total. The fourth-order valence-corrected chi connectivity index (χ4v) is 1.27. The standard InChI is InChI=1S/C10H13N3O/c1-3-10(12-13-11)8-4-6-9(14-2)7-5-8/h4-7,10H,3H2,1-2H3/t10-/m0/s1. The van der Waals surface area contributed by atoms with Crippen molar-refractivity contribution in [3.05, 3.63) is 40.3 Å². The van der Waals surface area contributed by atoms with Gasteiger partial charge in [0, 0.05) is 4.91 Å². The molecule has 0 N–H and O–H groups in total. The molecule has 0 amide bonds. The molecule has 0 saturated heterocycles. The minimum absolute atomic E-state index is 0.0779. The molecule has 0 aliphatic heterocycles. The third-order valence-electron chi connectivity index (χ3n) is 2.08. The Labute approximate surface area is 83.1 Å². The van der Waals surface area contributed by atoms with Crippen molar-refractivity contribution >= 4 is 0 Å². The molecular formula is C10H13N3O. The molecule has 14 heavy (non-hydrogen) atoms. The number of azide groups is 1. The van der Waals surface area contributed by atoms with Gasteiger partial charge in [-0.1, -0.05) is 24.2 Å². The van der Waals surface area contributed by atoms with Crippen molar-refractivity contribution in [2.24, 2.45) is 5.11 Å². The summed E-state index contributed by atoms with van der Waals surface area (Å²) in [7, 11) is 1.62. The van der Waals surface area contributed by atoms with Gasteiger partial charge in [-0.25, -0.2) is 0 Å². The van der Waals surface area contributed by atoms with Gasteiger partial charge in [-0.05, 0) is 29.6 Å². The summed E-state index contributed by atoms with van der Waals surface area (Å²) in [5.41, 5.74) is 9.38. The fourth-order valence-electron chi connectivity index (χ4n) is 1.27. The van der Waals surface area contributed by atoms with Crippen LogP contribution in [0.2, 0.25) is 0 Å². The highest BCUT2D eigenvalue weighted by atomic mass is 16.5. The normalized spacial score (nSPS) is 11.6. The molecule has 1 rings (SSSR count). The Morgan fingerprint density at radius 1 is 1.43 bits per heavy atom. The Kier molecular flexibility index (Phi) is 3.83. The maximum absolute atomic E-state index is 8.36. The van der Waals surface area contributed by atoms with E-state index in [2.05, 4.69) is 10.0 Å². The lowest BCUT2D eigenvalue weighted by Gasteiger charge is -2.08. The SMILES string of the molecule is CC[C@H](N=[N+]=[N-])c1ccc(OC)cc1. The molecule has 1 aromatic carbocycles. The van der Waals surface area contributed by atoms with Gasteiger partial charge in [0.2, 0.25) is 0 Å². The predicted molar refractivity (Wildman–Crippen MR) is 55.2 cm³/mol. The van der Waals surface area contributed by atoms with Crippen molar-refractivity contribution < 1.29 is 4.74 Å². The summed E-state index contributed by atoms with van der Waals surface area (Å²) in [5, 5.41) is 3.71. The number of nitrogens with zero attached hydrogens (tertiary/aromatic N) is 3. The Hall–Kier alpha value is -1.67. The molecular weight excluding hydrogens is 178 g/mol. The van der Waals surface area contributed by atoms with Gasteiger partial charge in [0.1, 0.15) is 5.75 Å². The summed E-state index contributed by atoms with van der Waals surface area (Å²) in [5.74, 6) is 0.810. The van der Waals surface area contributed by atoms with Crippen LogP contribution in [0.5, 0.6) is 5.75 Å². The highest BCUT2D eigenvalue weighted by molar-refractivity contribution is 5.29. The number of hydrogen-bond donors (Lipinski definition) is 0. The zero-order valence-electron chi connectivity index (χ0n) is 8.34. The first-order valence-corrected chi connectivity index (χ1v) is 4.50. The van der Waals surface area contributed by atoms with Crippen LogP contribution in [0.3, 0.4) is 0 Å². The zero-order valence-corrected chi connectivity index (χ0v) is 8.34. The highest BCUT2D eigenvalue weighted by Crippen LogP contribution is 2.23. The number of ether oxygens (including phenoxy) is 1. The monoisotopic (exact) mass is 191 g/mol. The molecule has 74 valence electrons. The van der Waals surface area contributed by atoms with Gasteiger partial charge < -0.3 is 4.74 Å². The van der Waals surface area contributed by atoms with Gasteiger partial charge in [-0.2, -0.15) is 0 Å².